The lowest BCUT2D eigenvalue weighted by Crippen LogP contribution is -2.51. The molecule has 0 unspecified atom stereocenters. The number of ether oxygens (including phenoxy) is 6. The summed E-state index contributed by atoms with van der Waals surface area (Å²) in [5, 5.41) is 19.5. The van der Waals surface area contributed by atoms with Crippen molar-refractivity contribution in [1.82, 2.24) is 20.3 Å². The monoisotopic (exact) mass is 692 g/mol. The van der Waals surface area contributed by atoms with Crippen molar-refractivity contribution in [1.29, 1.82) is 0 Å². The van der Waals surface area contributed by atoms with E-state index in [0.717, 1.165) is 5.56 Å². The zero-order valence-corrected chi connectivity index (χ0v) is 28.1. The molecule has 0 spiro atoms. The minimum atomic E-state index is -4.08. The van der Waals surface area contributed by atoms with E-state index < -0.39 is 40.7 Å². The van der Waals surface area contributed by atoms with Crippen molar-refractivity contribution in [2.75, 3.05) is 53.3 Å². The lowest BCUT2D eigenvalue weighted by molar-refractivity contribution is -0.0907. The van der Waals surface area contributed by atoms with Crippen LogP contribution in [0.3, 0.4) is 0 Å². The number of carbonyl (C=O) groups is 2. The highest BCUT2D eigenvalue weighted by Gasteiger charge is 2.44. The fourth-order valence-corrected chi connectivity index (χ4v) is 7.39. The molecule has 2 aromatic rings. The fourth-order valence-electron chi connectivity index (χ4n) is 5.75. The third kappa shape index (κ3) is 8.99. The van der Waals surface area contributed by atoms with Crippen LogP contribution >= 0.6 is 0 Å². The molecule has 5 rings (SSSR count). The van der Waals surface area contributed by atoms with Gasteiger partial charge in [0.15, 0.2) is 17.8 Å². The highest BCUT2D eigenvalue weighted by molar-refractivity contribution is 7.89. The number of fused-ring (bicyclic) bond motifs is 2. The Kier molecular flexibility index (Phi) is 11.9. The maximum absolute atomic E-state index is 13.9. The van der Waals surface area contributed by atoms with Gasteiger partial charge >= 0.3 is 12.1 Å². The molecule has 3 aliphatic rings. The second kappa shape index (κ2) is 16.0. The first-order valence-electron chi connectivity index (χ1n) is 16.0. The number of hydrogen-bond donors (Lipinski definition) is 4. The number of urea groups is 1. The first kappa shape index (κ1) is 35.5. The van der Waals surface area contributed by atoms with E-state index in [9.17, 15) is 23.1 Å². The van der Waals surface area contributed by atoms with Crippen LogP contribution in [0.5, 0.6) is 17.2 Å². The van der Waals surface area contributed by atoms with Gasteiger partial charge in [0, 0.05) is 26.2 Å². The third-order valence-electron chi connectivity index (χ3n) is 8.21. The first-order chi connectivity index (χ1) is 23.0. The molecule has 0 bridgehead atoms. The molecule has 16 heteroatoms. The van der Waals surface area contributed by atoms with E-state index in [0.29, 0.717) is 36.8 Å². The molecular formula is C32H44N4O11S. The molecule has 0 saturated carbocycles. The lowest BCUT2D eigenvalue weighted by atomic mass is 10.0. The van der Waals surface area contributed by atoms with E-state index in [2.05, 4.69) is 16.0 Å². The van der Waals surface area contributed by atoms with Gasteiger partial charge in [-0.1, -0.05) is 26.0 Å². The number of nitrogens with zero attached hydrogens (tertiary/aromatic N) is 1. The van der Waals surface area contributed by atoms with Crippen LogP contribution < -0.4 is 30.2 Å². The molecule has 2 saturated heterocycles. The second-order valence-electron chi connectivity index (χ2n) is 12.2. The number of rotatable bonds is 15. The molecule has 2 fully saturated rings. The van der Waals surface area contributed by atoms with Gasteiger partial charge in [-0.25, -0.2) is 18.0 Å². The van der Waals surface area contributed by atoms with Gasteiger partial charge in [-0.15, -0.1) is 0 Å². The van der Waals surface area contributed by atoms with Gasteiger partial charge in [-0.2, -0.15) is 4.31 Å². The number of aliphatic hydroxyl groups excluding tert-OH is 1. The molecule has 3 amide bonds. The van der Waals surface area contributed by atoms with Crippen LogP contribution in [-0.4, -0.2) is 108 Å². The Morgan fingerprint density at radius 2 is 1.83 bits per heavy atom. The average molecular weight is 693 g/mol. The van der Waals surface area contributed by atoms with Crippen LogP contribution in [0.25, 0.3) is 0 Å². The topological polar surface area (TPSA) is 183 Å². The summed E-state index contributed by atoms with van der Waals surface area (Å²) in [5.74, 6) is 1.19. The Balaban J connectivity index is 1.30. The van der Waals surface area contributed by atoms with Gasteiger partial charge in [0.2, 0.25) is 16.8 Å². The van der Waals surface area contributed by atoms with E-state index >= 15 is 0 Å². The summed E-state index contributed by atoms with van der Waals surface area (Å²) in [7, 11) is -2.56. The van der Waals surface area contributed by atoms with Crippen LogP contribution in [0.1, 0.15) is 25.8 Å². The zero-order chi connectivity index (χ0) is 34.3. The number of nitrogens with one attached hydrogen (secondary N) is 3. The summed E-state index contributed by atoms with van der Waals surface area (Å²) in [5.41, 5.74) is 0.748. The summed E-state index contributed by atoms with van der Waals surface area (Å²) in [4.78, 5) is 24.5. The molecule has 4 N–H and O–H groups in total. The van der Waals surface area contributed by atoms with Crippen LogP contribution in [0.2, 0.25) is 0 Å². The first-order valence-corrected chi connectivity index (χ1v) is 17.4. The normalized spacial score (nSPS) is 21.1. The molecule has 15 nitrogen and oxygen atoms in total. The second-order valence-corrected chi connectivity index (χ2v) is 14.2. The van der Waals surface area contributed by atoms with Crippen molar-refractivity contribution in [2.45, 2.75) is 56.1 Å². The van der Waals surface area contributed by atoms with Gasteiger partial charge in [-0.3, -0.25) is 0 Å². The van der Waals surface area contributed by atoms with Crippen molar-refractivity contribution in [3.8, 4) is 17.2 Å². The number of carbonyl (C=O) groups excluding carboxylic acids is 2. The highest BCUT2D eigenvalue weighted by Crippen LogP contribution is 2.35. The Morgan fingerprint density at radius 3 is 2.58 bits per heavy atom. The minimum absolute atomic E-state index is 0.000108. The summed E-state index contributed by atoms with van der Waals surface area (Å²) >= 11 is 0. The Labute approximate surface area is 280 Å². The summed E-state index contributed by atoms with van der Waals surface area (Å²) in [6, 6.07) is 10.2. The molecular weight excluding hydrogens is 648 g/mol. The molecule has 0 radical (unpaired) electrons. The number of hydrogen-bond acceptors (Lipinski definition) is 11. The van der Waals surface area contributed by atoms with E-state index in [1.54, 1.807) is 24.3 Å². The van der Waals surface area contributed by atoms with Gasteiger partial charge < -0.3 is 49.5 Å². The van der Waals surface area contributed by atoms with Crippen molar-refractivity contribution in [3.63, 3.8) is 0 Å². The quantitative estimate of drug-likeness (QED) is 0.200. The Bertz CT molecular complexity index is 1510. The van der Waals surface area contributed by atoms with Crippen LogP contribution in [0, 0.1) is 11.8 Å². The average Bonchev–Trinajstić information content (AvgIpc) is 3.81. The van der Waals surface area contributed by atoms with Crippen LogP contribution in [0.4, 0.5) is 9.59 Å². The smallest absolute Gasteiger partial charge is 0.407 e. The largest absolute Gasteiger partial charge is 0.492 e. The van der Waals surface area contributed by atoms with Crippen molar-refractivity contribution >= 4 is 22.1 Å². The highest BCUT2D eigenvalue weighted by atomic mass is 32.2. The van der Waals surface area contributed by atoms with Crippen molar-refractivity contribution in [2.24, 2.45) is 11.8 Å². The summed E-state index contributed by atoms with van der Waals surface area (Å²) in [6.07, 6.45) is -2.13. The predicted molar refractivity (Wildman–Crippen MR) is 171 cm³/mol. The lowest BCUT2D eigenvalue weighted by Gasteiger charge is -2.31. The summed E-state index contributed by atoms with van der Waals surface area (Å²) < 4.78 is 62.2. The number of sulfonamides is 1. The predicted octanol–water partition coefficient (Wildman–Crippen LogP) is 1.83. The molecule has 48 heavy (non-hydrogen) atoms. The SMILES string of the molecule is CNC(=O)NCCOc1ccc(C[C@H](NC(=O)O[C@@H]2CO[C@H]3OCC[C@H]32)[C@H](O)CN(CC(C)C)S(=O)(=O)c2ccc3c(c2)OCO3)cc1. The van der Waals surface area contributed by atoms with E-state index in [1.807, 2.05) is 13.8 Å². The van der Waals surface area contributed by atoms with Crippen molar-refractivity contribution in [3.05, 3.63) is 48.0 Å². The van der Waals surface area contributed by atoms with E-state index in [4.69, 9.17) is 28.4 Å². The maximum Gasteiger partial charge on any atom is 0.407 e. The number of alkyl carbamates (subject to hydrolysis) is 1. The zero-order valence-electron chi connectivity index (χ0n) is 27.3. The van der Waals surface area contributed by atoms with E-state index in [1.165, 1.54) is 29.6 Å². The number of aliphatic hydroxyl groups is 1. The molecule has 0 aromatic heterocycles. The summed E-state index contributed by atoms with van der Waals surface area (Å²) in [6.45, 7) is 4.86. The Hall–Kier alpha value is -3.83. The van der Waals surface area contributed by atoms with Gasteiger partial charge in [0.05, 0.1) is 42.7 Å². The van der Waals surface area contributed by atoms with Gasteiger partial charge in [0.25, 0.3) is 0 Å². The molecule has 5 atom stereocenters. The standard InChI is InChI=1S/C32H44N4O11S/c1-20(2)16-36(48(40,41)23-8-9-27-28(15-23)46-19-45-27)17-26(37)25(35-32(39)47-29-18-44-30-24(29)10-12-43-30)14-21-4-6-22(7-5-21)42-13-11-34-31(38)33-3/h4-9,15,20,24-26,29-30,37H,10-14,16-19H2,1-3H3,(H,35,39)(H2,33,34,38)/t24-,25-,26+,29+,30+/m0/s1. The maximum atomic E-state index is 13.9. The Morgan fingerprint density at radius 1 is 1.06 bits per heavy atom. The molecule has 3 aliphatic heterocycles. The van der Waals surface area contributed by atoms with Gasteiger partial charge in [0.1, 0.15) is 18.5 Å². The van der Waals surface area contributed by atoms with Crippen molar-refractivity contribution < 1.29 is 51.5 Å². The van der Waals surface area contributed by atoms with E-state index in [-0.39, 0.29) is 62.3 Å². The molecule has 264 valence electrons. The molecule has 0 aliphatic carbocycles. The van der Waals surface area contributed by atoms with Gasteiger partial charge in [-0.05, 0) is 48.6 Å². The number of benzene rings is 2. The minimum Gasteiger partial charge on any atom is -0.492 e. The third-order valence-corrected chi connectivity index (χ3v) is 10.0. The fraction of sp³-hybridized carbons (Fsp3) is 0.562. The molecule has 2 aromatic carbocycles. The molecule has 3 heterocycles. The number of amides is 3. The van der Waals surface area contributed by atoms with Crippen LogP contribution in [-0.2, 0) is 30.7 Å². The van der Waals surface area contributed by atoms with Crippen LogP contribution in [0.15, 0.2) is 47.4 Å².